The fraction of sp³-hybridized carbons (Fsp3) is 0.300. The lowest BCUT2D eigenvalue weighted by atomic mass is 10.3. The number of aromatic nitrogens is 1. The average Bonchev–Trinajstić information content (AvgIpc) is 2.34. The molecule has 1 aromatic rings. The SMILES string of the molecule is C/C(=N\NC(=S)NCCO)c1ccccn1. The lowest BCUT2D eigenvalue weighted by Gasteiger charge is -2.05. The molecule has 86 valence electrons. The largest absolute Gasteiger partial charge is 0.395 e. The summed E-state index contributed by atoms with van der Waals surface area (Å²) in [4.78, 5) is 4.14. The maximum Gasteiger partial charge on any atom is 0.187 e. The zero-order valence-corrected chi connectivity index (χ0v) is 9.79. The van der Waals surface area contributed by atoms with E-state index in [9.17, 15) is 0 Å². The molecule has 0 aliphatic heterocycles. The van der Waals surface area contributed by atoms with E-state index in [0.717, 1.165) is 11.4 Å². The van der Waals surface area contributed by atoms with Gasteiger partial charge in [-0.2, -0.15) is 5.10 Å². The summed E-state index contributed by atoms with van der Waals surface area (Å²) < 4.78 is 0. The molecule has 3 N–H and O–H groups in total. The van der Waals surface area contributed by atoms with Crippen molar-refractivity contribution in [3.63, 3.8) is 0 Å². The Balaban J connectivity index is 2.48. The zero-order chi connectivity index (χ0) is 11.8. The smallest absolute Gasteiger partial charge is 0.187 e. The highest BCUT2D eigenvalue weighted by Crippen LogP contribution is 1.94. The predicted octanol–water partition coefficient (Wildman–Crippen LogP) is 0.262. The standard InChI is InChI=1S/C10H14N4OS/c1-8(9-4-2-3-5-11-9)13-14-10(16)12-6-7-15/h2-5,15H,6-7H2,1H3,(H2,12,14,16)/b13-8+. The van der Waals surface area contributed by atoms with Gasteiger partial charge in [0.15, 0.2) is 5.11 Å². The molecule has 0 saturated carbocycles. The van der Waals surface area contributed by atoms with Gasteiger partial charge in [-0.15, -0.1) is 0 Å². The number of rotatable bonds is 4. The summed E-state index contributed by atoms with van der Waals surface area (Å²) >= 11 is 4.93. The third kappa shape index (κ3) is 4.33. The van der Waals surface area contributed by atoms with Crippen LogP contribution in [-0.2, 0) is 0 Å². The third-order valence-electron chi connectivity index (χ3n) is 1.76. The minimum atomic E-state index is 0.0325. The fourth-order valence-electron chi connectivity index (χ4n) is 0.978. The van der Waals surface area contributed by atoms with Gasteiger partial charge in [0.2, 0.25) is 0 Å². The first kappa shape index (κ1) is 12.5. The molecule has 0 saturated heterocycles. The molecule has 0 radical (unpaired) electrons. The first-order chi connectivity index (χ1) is 7.74. The summed E-state index contributed by atoms with van der Waals surface area (Å²) in [6.07, 6.45) is 1.71. The molecular weight excluding hydrogens is 224 g/mol. The number of aliphatic hydroxyl groups excluding tert-OH is 1. The molecule has 1 heterocycles. The average molecular weight is 238 g/mol. The van der Waals surface area contributed by atoms with E-state index in [0.29, 0.717) is 11.7 Å². The molecule has 16 heavy (non-hydrogen) atoms. The van der Waals surface area contributed by atoms with Gasteiger partial charge in [0.05, 0.1) is 18.0 Å². The van der Waals surface area contributed by atoms with E-state index in [1.165, 1.54) is 0 Å². The van der Waals surface area contributed by atoms with Crippen molar-refractivity contribution in [2.24, 2.45) is 5.10 Å². The maximum atomic E-state index is 8.57. The zero-order valence-electron chi connectivity index (χ0n) is 8.97. The van der Waals surface area contributed by atoms with Crippen LogP contribution >= 0.6 is 12.2 Å². The minimum Gasteiger partial charge on any atom is -0.395 e. The van der Waals surface area contributed by atoms with Gasteiger partial charge in [-0.05, 0) is 31.3 Å². The number of hydrogen-bond donors (Lipinski definition) is 3. The van der Waals surface area contributed by atoms with Crippen molar-refractivity contribution in [1.82, 2.24) is 15.7 Å². The lowest BCUT2D eigenvalue weighted by molar-refractivity contribution is 0.300. The van der Waals surface area contributed by atoms with Gasteiger partial charge < -0.3 is 10.4 Å². The van der Waals surface area contributed by atoms with Crippen LogP contribution in [0, 0.1) is 0 Å². The summed E-state index contributed by atoms with van der Waals surface area (Å²) in [5, 5.41) is 15.8. The highest BCUT2D eigenvalue weighted by Gasteiger charge is 1.97. The van der Waals surface area contributed by atoms with Crippen LogP contribution in [0.1, 0.15) is 12.6 Å². The Kier molecular flexibility index (Phi) is 5.38. The first-order valence-electron chi connectivity index (χ1n) is 4.84. The second-order valence-electron chi connectivity index (χ2n) is 3.00. The van der Waals surface area contributed by atoms with E-state index in [1.807, 2.05) is 25.1 Å². The number of hydrogen-bond acceptors (Lipinski definition) is 4. The molecular formula is C10H14N4OS. The number of thiocarbonyl (C=S) groups is 1. The van der Waals surface area contributed by atoms with Crippen molar-refractivity contribution in [3.05, 3.63) is 30.1 Å². The van der Waals surface area contributed by atoms with Crippen molar-refractivity contribution in [2.75, 3.05) is 13.2 Å². The highest BCUT2D eigenvalue weighted by molar-refractivity contribution is 7.80. The molecule has 0 fully saturated rings. The summed E-state index contributed by atoms with van der Waals surface area (Å²) in [6.45, 7) is 2.28. The predicted molar refractivity (Wildman–Crippen MR) is 67.3 cm³/mol. The van der Waals surface area contributed by atoms with E-state index < -0.39 is 0 Å². The lowest BCUT2D eigenvalue weighted by Crippen LogP contribution is -2.34. The van der Waals surface area contributed by atoms with Crippen molar-refractivity contribution in [3.8, 4) is 0 Å². The molecule has 0 aliphatic carbocycles. The second-order valence-corrected chi connectivity index (χ2v) is 3.41. The number of aliphatic hydroxyl groups is 1. The van der Waals surface area contributed by atoms with Gasteiger partial charge >= 0.3 is 0 Å². The van der Waals surface area contributed by atoms with Crippen LogP contribution in [0.2, 0.25) is 0 Å². The second kappa shape index (κ2) is 6.86. The maximum absolute atomic E-state index is 8.57. The molecule has 6 heteroatoms. The summed E-state index contributed by atoms with van der Waals surface area (Å²) in [5.41, 5.74) is 4.21. The van der Waals surface area contributed by atoms with E-state index in [4.69, 9.17) is 17.3 Å². The molecule has 1 rings (SSSR count). The molecule has 0 aromatic carbocycles. The van der Waals surface area contributed by atoms with Gasteiger partial charge in [0, 0.05) is 12.7 Å². The van der Waals surface area contributed by atoms with Crippen molar-refractivity contribution in [1.29, 1.82) is 0 Å². The van der Waals surface area contributed by atoms with Gasteiger partial charge in [-0.25, -0.2) is 0 Å². The Morgan fingerprint density at radius 1 is 1.56 bits per heavy atom. The fourth-order valence-corrected chi connectivity index (χ4v) is 1.13. The Labute approximate surface area is 99.6 Å². The Bertz CT molecular complexity index is 366. The Morgan fingerprint density at radius 2 is 2.38 bits per heavy atom. The van der Waals surface area contributed by atoms with Crippen molar-refractivity contribution < 1.29 is 5.11 Å². The summed E-state index contributed by atoms with van der Waals surface area (Å²) in [5.74, 6) is 0. The van der Waals surface area contributed by atoms with Gasteiger partial charge in [0.1, 0.15) is 0 Å². The molecule has 0 bridgehead atoms. The monoisotopic (exact) mass is 238 g/mol. The Hall–Kier alpha value is -1.53. The molecule has 5 nitrogen and oxygen atoms in total. The minimum absolute atomic E-state index is 0.0325. The van der Waals surface area contributed by atoms with Crippen LogP contribution in [0.15, 0.2) is 29.5 Å². The molecule has 0 aliphatic rings. The molecule has 1 aromatic heterocycles. The number of hydrazone groups is 1. The van der Waals surface area contributed by atoms with Crippen LogP contribution in [0.25, 0.3) is 0 Å². The third-order valence-corrected chi connectivity index (χ3v) is 1.99. The van der Waals surface area contributed by atoms with Crippen LogP contribution in [0.4, 0.5) is 0 Å². The Morgan fingerprint density at radius 3 is 3.00 bits per heavy atom. The number of pyridine rings is 1. The van der Waals surface area contributed by atoms with Gasteiger partial charge in [-0.1, -0.05) is 6.07 Å². The molecule has 0 atom stereocenters. The van der Waals surface area contributed by atoms with E-state index >= 15 is 0 Å². The van der Waals surface area contributed by atoms with Gasteiger partial charge in [-0.3, -0.25) is 10.4 Å². The van der Waals surface area contributed by atoms with E-state index in [2.05, 4.69) is 20.8 Å². The molecule has 0 spiro atoms. The highest BCUT2D eigenvalue weighted by atomic mass is 32.1. The van der Waals surface area contributed by atoms with Crippen LogP contribution in [0.5, 0.6) is 0 Å². The van der Waals surface area contributed by atoms with Gasteiger partial charge in [0.25, 0.3) is 0 Å². The molecule has 0 amide bonds. The quantitative estimate of drug-likeness (QED) is 0.399. The first-order valence-corrected chi connectivity index (χ1v) is 5.25. The number of nitrogens with one attached hydrogen (secondary N) is 2. The summed E-state index contributed by atoms with van der Waals surface area (Å²) in [7, 11) is 0. The van der Waals surface area contributed by atoms with Crippen molar-refractivity contribution >= 4 is 23.0 Å². The van der Waals surface area contributed by atoms with E-state index in [1.54, 1.807) is 6.20 Å². The topological polar surface area (TPSA) is 69.5 Å². The van der Waals surface area contributed by atoms with Crippen molar-refractivity contribution in [2.45, 2.75) is 6.92 Å². The van der Waals surface area contributed by atoms with Crippen LogP contribution < -0.4 is 10.7 Å². The van der Waals surface area contributed by atoms with E-state index in [-0.39, 0.29) is 6.61 Å². The molecule has 0 unspecified atom stereocenters. The number of nitrogens with zero attached hydrogens (tertiary/aromatic N) is 2. The van der Waals surface area contributed by atoms with Crippen LogP contribution in [0.3, 0.4) is 0 Å². The van der Waals surface area contributed by atoms with Crippen LogP contribution in [-0.4, -0.2) is 34.1 Å². The summed E-state index contributed by atoms with van der Waals surface area (Å²) in [6, 6.07) is 5.60. The normalized spacial score (nSPS) is 11.0.